The summed E-state index contributed by atoms with van der Waals surface area (Å²) < 4.78 is 6.30. The van der Waals surface area contributed by atoms with Gasteiger partial charge in [0.25, 0.3) is 0 Å². The third-order valence-electron chi connectivity index (χ3n) is 4.92. The first-order chi connectivity index (χ1) is 13.6. The van der Waals surface area contributed by atoms with Crippen molar-refractivity contribution in [2.24, 2.45) is 0 Å². The first kappa shape index (κ1) is 18.6. The first-order valence-corrected chi connectivity index (χ1v) is 10.0. The van der Waals surface area contributed by atoms with Crippen molar-refractivity contribution in [2.75, 3.05) is 4.90 Å². The Kier molecular flexibility index (Phi) is 5.40. The van der Waals surface area contributed by atoms with Crippen molar-refractivity contribution in [1.82, 2.24) is 0 Å². The standard InChI is InChI=1S/C25H24ClNO/c1-18(2)28-24-17-23(19-9-5-3-6-10-19)27(22-11-7-4-8-12-22)25(24)20-13-15-21(26)16-14-20/h3-18,23,25H,1-2H3. The van der Waals surface area contributed by atoms with Gasteiger partial charge in [0.05, 0.1) is 12.1 Å². The number of anilines is 1. The van der Waals surface area contributed by atoms with Gasteiger partial charge in [-0.3, -0.25) is 0 Å². The Morgan fingerprint density at radius 2 is 1.39 bits per heavy atom. The molecule has 3 heteroatoms. The Balaban J connectivity index is 1.85. The fourth-order valence-electron chi connectivity index (χ4n) is 3.79. The number of nitrogens with zero attached hydrogens (tertiary/aromatic N) is 1. The maximum atomic E-state index is 6.30. The van der Waals surface area contributed by atoms with E-state index in [0.29, 0.717) is 0 Å². The number of para-hydroxylation sites is 1. The first-order valence-electron chi connectivity index (χ1n) is 9.65. The molecule has 0 N–H and O–H groups in total. The molecule has 142 valence electrons. The lowest BCUT2D eigenvalue weighted by molar-refractivity contribution is 0.136. The van der Waals surface area contributed by atoms with E-state index in [1.54, 1.807) is 0 Å². The molecule has 0 saturated carbocycles. The van der Waals surface area contributed by atoms with Crippen LogP contribution in [0, 0.1) is 0 Å². The van der Waals surface area contributed by atoms with E-state index in [9.17, 15) is 0 Å². The molecule has 1 aliphatic rings. The maximum absolute atomic E-state index is 6.30. The van der Waals surface area contributed by atoms with E-state index in [4.69, 9.17) is 16.3 Å². The van der Waals surface area contributed by atoms with Crippen LogP contribution in [0.5, 0.6) is 0 Å². The summed E-state index contributed by atoms with van der Waals surface area (Å²) in [5.41, 5.74) is 3.57. The van der Waals surface area contributed by atoms with E-state index in [1.807, 2.05) is 18.2 Å². The summed E-state index contributed by atoms with van der Waals surface area (Å²) >= 11 is 6.16. The van der Waals surface area contributed by atoms with Crippen LogP contribution in [0.3, 0.4) is 0 Å². The van der Waals surface area contributed by atoms with Gasteiger partial charge in [0.1, 0.15) is 11.8 Å². The van der Waals surface area contributed by atoms with Crippen LogP contribution in [-0.2, 0) is 4.74 Å². The molecule has 0 saturated heterocycles. The van der Waals surface area contributed by atoms with Gasteiger partial charge >= 0.3 is 0 Å². The predicted octanol–water partition coefficient (Wildman–Crippen LogP) is 6.95. The van der Waals surface area contributed by atoms with Crippen molar-refractivity contribution in [3.63, 3.8) is 0 Å². The molecule has 3 aromatic carbocycles. The molecule has 0 fully saturated rings. The fraction of sp³-hybridized carbons (Fsp3) is 0.200. The number of benzene rings is 3. The smallest absolute Gasteiger partial charge is 0.122 e. The van der Waals surface area contributed by atoms with Crippen LogP contribution in [0.1, 0.15) is 37.1 Å². The molecular formula is C25H24ClNO. The largest absolute Gasteiger partial charge is 0.493 e. The summed E-state index contributed by atoms with van der Waals surface area (Å²) in [5, 5.41) is 0.739. The molecule has 0 radical (unpaired) electrons. The Bertz CT molecular complexity index is 935. The molecule has 28 heavy (non-hydrogen) atoms. The lowest BCUT2D eigenvalue weighted by atomic mass is 10.0. The van der Waals surface area contributed by atoms with Crippen LogP contribution >= 0.6 is 11.6 Å². The molecule has 2 unspecified atom stereocenters. The lowest BCUT2D eigenvalue weighted by Gasteiger charge is -2.34. The van der Waals surface area contributed by atoms with Crippen molar-refractivity contribution in [3.8, 4) is 0 Å². The van der Waals surface area contributed by atoms with Crippen LogP contribution in [0.2, 0.25) is 5.02 Å². The van der Waals surface area contributed by atoms with Crippen LogP contribution in [-0.4, -0.2) is 6.10 Å². The minimum absolute atomic E-state index is 0.00715. The molecule has 4 rings (SSSR count). The average molecular weight is 390 g/mol. The SMILES string of the molecule is CC(C)OC1=CC(c2ccccc2)N(c2ccccc2)C1c1ccc(Cl)cc1. The second kappa shape index (κ2) is 8.12. The molecule has 0 spiro atoms. The van der Waals surface area contributed by atoms with Crippen LogP contribution in [0.25, 0.3) is 0 Å². The van der Waals surface area contributed by atoms with Gasteiger partial charge in [-0.2, -0.15) is 0 Å². The fourth-order valence-corrected chi connectivity index (χ4v) is 3.91. The second-order valence-corrected chi connectivity index (χ2v) is 7.72. The van der Waals surface area contributed by atoms with Gasteiger partial charge in [-0.15, -0.1) is 0 Å². The molecular weight excluding hydrogens is 366 g/mol. The van der Waals surface area contributed by atoms with Crippen LogP contribution in [0.4, 0.5) is 5.69 Å². The summed E-state index contributed by atoms with van der Waals surface area (Å²) in [6.07, 6.45) is 2.36. The summed E-state index contributed by atoms with van der Waals surface area (Å²) in [4.78, 5) is 2.43. The van der Waals surface area contributed by atoms with Crippen molar-refractivity contribution >= 4 is 17.3 Å². The van der Waals surface area contributed by atoms with E-state index in [2.05, 4.69) is 91.6 Å². The minimum Gasteiger partial charge on any atom is -0.493 e. The van der Waals surface area contributed by atoms with Crippen LogP contribution in [0.15, 0.2) is 96.8 Å². The van der Waals surface area contributed by atoms with Gasteiger partial charge < -0.3 is 9.64 Å². The molecule has 0 aromatic heterocycles. The zero-order chi connectivity index (χ0) is 19.5. The van der Waals surface area contributed by atoms with Gasteiger partial charge in [-0.1, -0.05) is 72.3 Å². The highest BCUT2D eigenvalue weighted by Gasteiger charge is 2.38. The van der Waals surface area contributed by atoms with Gasteiger partial charge in [0.15, 0.2) is 0 Å². The third kappa shape index (κ3) is 3.79. The second-order valence-electron chi connectivity index (χ2n) is 7.29. The number of rotatable bonds is 5. The Labute approximate surface area is 172 Å². The van der Waals surface area contributed by atoms with Gasteiger partial charge in [0.2, 0.25) is 0 Å². The van der Waals surface area contributed by atoms with Crippen molar-refractivity contribution < 1.29 is 4.74 Å². The summed E-state index contributed by atoms with van der Waals surface area (Å²) in [5.74, 6) is 0.982. The quantitative estimate of drug-likeness (QED) is 0.468. The zero-order valence-electron chi connectivity index (χ0n) is 16.1. The van der Waals surface area contributed by atoms with E-state index < -0.39 is 0 Å². The van der Waals surface area contributed by atoms with Crippen LogP contribution < -0.4 is 4.90 Å². The molecule has 2 nitrogen and oxygen atoms in total. The number of hydrogen-bond donors (Lipinski definition) is 0. The highest BCUT2D eigenvalue weighted by molar-refractivity contribution is 6.30. The minimum atomic E-state index is -0.00715. The van der Waals surface area contributed by atoms with Gasteiger partial charge in [-0.05, 0) is 55.3 Å². The summed E-state index contributed by atoms with van der Waals surface area (Å²) in [7, 11) is 0. The zero-order valence-corrected chi connectivity index (χ0v) is 16.9. The van der Waals surface area contributed by atoms with Crippen molar-refractivity contribution in [1.29, 1.82) is 0 Å². The van der Waals surface area contributed by atoms with E-state index in [1.165, 1.54) is 11.1 Å². The van der Waals surface area contributed by atoms with E-state index >= 15 is 0 Å². The number of halogens is 1. The Hall–Kier alpha value is -2.71. The Morgan fingerprint density at radius 3 is 2.00 bits per heavy atom. The normalized spacial score (nSPS) is 19.0. The van der Waals surface area contributed by atoms with Crippen molar-refractivity contribution in [3.05, 3.63) is 113 Å². The predicted molar refractivity (Wildman–Crippen MR) is 117 cm³/mol. The average Bonchev–Trinajstić information content (AvgIpc) is 3.08. The molecule has 1 heterocycles. The lowest BCUT2D eigenvalue weighted by Crippen LogP contribution is -2.28. The number of hydrogen-bond acceptors (Lipinski definition) is 2. The molecule has 0 aliphatic carbocycles. The molecule has 3 aromatic rings. The highest BCUT2D eigenvalue weighted by atomic mass is 35.5. The monoisotopic (exact) mass is 389 g/mol. The molecule has 0 amide bonds. The highest BCUT2D eigenvalue weighted by Crippen LogP contribution is 2.47. The molecule has 2 atom stereocenters. The topological polar surface area (TPSA) is 12.5 Å². The molecule has 1 aliphatic heterocycles. The van der Waals surface area contributed by atoms with E-state index in [-0.39, 0.29) is 18.2 Å². The Morgan fingerprint density at radius 1 is 0.786 bits per heavy atom. The van der Waals surface area contributed by atoms with Gasteiger partial charge in [-0.25, -0.2) is 0 Å². The van der Waals surface area contributed by atoms with Crippen molar-refractivity contribution in [2.45, 2.75) is 32.0 Å². The maximum Gasteiger partial charge on any atom is 0.122 e. The van der Waals surface area contributed by atoms with E-state index in [0.717, 1.165) is 16.5 Å². The third-order valence-corrected chi connectivity index (χ3v) is 5.17. The number of ether oxygens (including phenoxy) is 1. The summed E-state index contributed by atoms with van der Waals surface area (Å²) in [6, 6.07) is 29.3. The summed E-state index contributed by atoms with van der Waals surface area (Å²) in [6.45, 7) is 4.14. The molecule has 0 bridgehead atoms. The van der Waals surface area contributed by atoms with Gasteiger partial charge in [0, 0.05) is 10.7 Å².